The number of hydrogen-bond acceptors (Lipinski definition) is 4. The zero-order chi connectivity index (χ0) is 25.5. The first-order chi connectivity index (χ1) is 16.4. The van der Waals surface area contributed by atoms with Gasteiger partial charge in [-0.25, -0.2) is 4.79 Å². The van der Waals surface area contributed by atoms with E-state index in [1.54, 1.807) is 18.2 Å². The second-order valence-electron chi connectivity index (χ2n) is 8.97. The number of nitrogens with zero attached hydrogens (tertiary/aromatic N) is 2. The maximum atomic E-state index is 13.2. The molecule has 182 valence electrons. The largest absolute Gasteiger partial charge is 0.481 e. The third-order valence-electron chi connectivity index (χ3n) is 5.53. The van der Waals surface area contributed by atoms with Gasteiger partial charge in [0.15, 0.2) is 17.1 Å². The first-order valence-electron chi connectivity index (χ1n) is 10.7. The predicted molar refractivity (Wildman–Crippen MR) is 125 cm³/mol. The number of carboxylic acid groups (broad SMARTS) is 1. The summed E-state index contributed by atoms with van der Waals surface area (Å²) < 4.78 is 52.1. The standard InChI is InChI=1S/C26H23F3N2O4/c1-25(2,3)15-8-10-17(11-9-15)31-21(24(32)33)22(19-12-13-20(34-4)30-23(19)31)35-18-7-5-6-16(14-18)26(27,28)29/h5-14H,1-4H3,(H,32,33). The summed E-state index contributed by atoms with van der Waals surface area (Å²) in [7, 11) is 1.43. The second-order valence-corrected chi connectivity index (χ2v) is 8.97. The van der Waals surface area contributed by atoms with Crippen molar-refractivity contribution in [2.45, 2.75) is 32.4 Å². The van der Waals surface area contributed by atoms with Crippen molar-refractivity contribution in [2.75, 3.05) is 7.11 Å². The molecule has 2 aromatic carbocycles. The van der Waals surface area contributed by atoms with Crippen LogP contribution in [0.2, 0.25) is 0 Å². The summed E-state index contributed by atoms with van der Waals surface area (Å²) in [5, 5.41) is 10.4. The van der Waals surface area contributed by atoms with Crippen LogP contribution < -0.4 is 9.47 Å². The van der Waals surface area contributed by atoms with Crippen LogP contribution in [0, 0.1) is 0 Å². The molecule has 0 aliphatic rings. The monoisotopic (exact) mass is 484 g/mol. The maximum Gasteiger partial charge on any atom is 0.416 e. The van der Waals surface area contributed by atoms with E-state index in [4.69, 9.17) is 9.47 Å². The molecule has 2 aromatic heterocycles. The van der Waals surface area contributed by atoms with Crippen LogP contribution in [-0.2, 0) is 11.6 Å². The normalized spacial score (nSPS) is 12.1. The fraction of sp³-hybridized carbons (Fsp3) is 0.231. The molecule has 0 fully saturated rings. The molecule has 1 N–H and O–H groups in total. The Bertz CT molecular complexity index is 1400. The third kappa shape index (κ3) is 4.66. The fourth-order valence-corrected chi connectivity index (χ4v) is 3.74. The lowest BCUT2D eigenvalue weighted by atomic mass is 9.87. The molecule has 0 bridgehead atoms. The molecule has 4 aromatic rings. The number of carboxylic acids is 1. The molecule has 6 nitrogen and oxygen atoms in total. The van der Waals surface area contributed by atoms with E-state index in [-0.39, 0.29) is 34.1 Å². The van der Waals surface area contributed by atoms with Gasteiger partial charge in [-0.05, 0) is 47.4 Å². The highest BCUT2D eigenvalue weighted by atomic mass is 19.4. The van der Waals surface area contributed by atoms with Crippen LogP contribution in [-0.4, -0.2) is 27.7 Å². The molecule has 0 radical (unpaired) electrons. The van der Waals surface area contributed by atoms with Gasteiger partial charge >= 0.3 is 12.1 Å². The van der Waals surface area contributed by atoms with Gasteiger partial charge in [0.05, 0.1) is 18.1 Å². The number of pyridine rings is 1. The summed E-state index contributed by atoms with van der Waals surface area (Å²) in [4.78, 5) is 16.9. The summed E-state index contributed by atoms with van der Waals surface area (Å²) in [6, 6.07) is 14.7. The van der Waals surface area contributed by atoms with Gasteiger partial charge in [-0.1, -0.05) is 39.0 Å². The number of aromatic carboxylic acids is 1. The first kappa shape index (κ1) is 24.1. The van der Waals surface area contributed by atoms with E-state index in [9.17, 15) is 23.1 Å². The van der Waals surface area contributed by atoms with Crippen molar-refractivity contribution in [1.82, 2.24) is 9.55 Å². The van der Waals surface area contributed by atoms with Gasteiger partial charge < -0.3 is 14.6 Å². The van der Waals surface area contributed by atoms with Gasteiger partial charge in [0.25, 0.3) is 0 Å². The minimum absolute atomic E-state index is 0.119. The van der Waals surface area contributed by atoms with Crippen LogP contribution in [0.15, 0.2) is 60.7 Å². The zero-order valence-corrected chi connectivity index (χ0v) is 19.5. The molecule has 0 aliphatic heterocycles. The number of methoxy groups -OCH3 is 1. The van der Waals surface area contributed by atoms with Crippen molar-refractivity contribution in [2.24, 2.45) is 0 Å². The Morgan fingerprint density at radius 1 is 0.971 bits per heavy atom. The maximum absolute atomic E-state index is 13.2. The van der Waals surface area contributed by atoms with Gasteiger partial charge in [-0.15, -0.1) is 0 Å². The summed E-state index contributed by atoms with van der Waals surface area (Å²) in [5.74, 6) is -1.36. The van der Waals surface area contributed by atoms with Gasteiger partial charge in [0.1, 0.15) is 5.75 Å². The topological polar surface area (TPSA) is 73.6 Å². The number of rotatable bonds is 5. The van der Waals surface area contributed by atoms with Crippen molar-refractivity contribution in [3.05, 3.63) is 77.5 Å². The van der Waals surface area contributed by atoms with Crippen LogP contribution >= 0.6 is 0 Å². The molecule has 0 aliphatic carbocycles. The highest BCUT2D eigenvalue weighted by Crippen LogP contribution is 2.40. The Morgan fingerprint density at radius 3 is 2.23 bits per heavy atom. The summed E-state index contributed by atoms with van der Waals surface area (Å²) >= 11 is 0. The van der Waals surface area contributed by atoms with Gasteiger partial charge in [-0.2, -0.15) is 18.2 Å². The summed E-state index contributed by atoms with van der Waals surface area (Å²) in [6.45, 7) is 6.18. The Labute approximate surface area is 199 Å². The average Bonchev–Trinajstić information content (AvgIpc) is 3.11. The Kier molecular flexibility index (Phi) is 5.96. The van der Waals surface area contributed by atoms with E-state index in [0.29, 0.717) is 11.1 Å². The molecule has 35 heavy (non-hydrogen) atoms. The number of alkyl halides is 3. The average molecular weight is 484 g/mol. The minimum Gasteiger partial charge on any atom is -0.481 e. The minimum atomic E-state index is -4.58. The molecule has 0 unspecified atom stereocenters. The van der Waals surface area contributed by atoms with Crippen LogP contribution in [0.25, 0.3) is 16.7 Å². The van der Waals surface area contributed by atoms with E-state index >= 15 is 0 Å². The fourth-order valence-electron chi connectivity index (χ4n) is 3.74. The van der Waals surface area contributed by atoms with E-state index < -0.39 is 17.7 Å². The van der Waals surface area contributed by atoms with Gasteiger partial charge in [0, 0.05) is 11.8 Å². The van der Waals surface area contributed by atoms with Crippen molar-refractivity contribution >= 4 is 17.0 Å². The smallest absolute Gasteiger partial charge is 0.416 e. The number of fused-ring (bicyclic) bond motifs is 1. The number of ether oxygens (including phenoxy) is 2. The molecule has 2 heterocycles. The number of halogens is 3. The lowest BCUT2D eigenvalue weighted by molar-refractivity contribution is -0.137. The molecule has 9 heteroatoms. The third-order valence-corrected chi connectivity index (χ3v) is 5.53. The van der Waals surface area contributed by atoms with E-state index in [0.717, 1.165) is 17.7 Å². The van der Waals surface area contributed by atoms with Gasteiger partial charge in [-0.3, -0.25) is 4.57 Å². The molecular weight excluding hydrogens is 461 g/mol. The lowest BCUT2D eigenvalue weighted by Crippen LogP contribution is -2.12. The lowest BCUT2D eigenvalue weighted by Gasteiger charge is -2.19. The van der Waals surface area contributed by atoms with Crippen molar-refractivity contribution in [3.63, 3.8) is 0 Å². The molecule has 0 saturated carbocycles. The second kappa shape index (κ2) is 8.65. The highest BCUT2D eigenvalue weighted by molar-refractivity contribution is 6.01. The molecule has 0 atom stereocenters. The highest BCUT2D eigenvalue weighted by Gasteiger charge is 2.32. The van der Waals surface area contributed by atoms with E-state index in [2.05, 4.69) is 25.8 Å². The molecular formula is C26H23F3N2O4. The molecule has 0 amide bonds. The van der Waals surface area contributed by atoms with Gasteiger partial charge in [0.2, 0.25) is 5.88 Å². The van der Waals surface area contributed by atoms with Crippen molar-refractivity contribution < 1.29 is 32.5 Å². The van der Waals surface area contributed by atoms with Crippen LogP contribution in [0.3, 0.4) is 0 Å². The van der Waals surface area contributed by atoms with Crippen LogP contribution in [0.4, 0.5) is 13.2 Å². The Morgan fingerprint density at radius 2 is 1.66 bits per heavy atom. The van der Waals surface area contributed by atoms with Crippen molar-refractivity contribution in [3.8, 4) is 23.1 Å². The first-order valence-corrected chi connectivity index (χ1v) is 10.7. The summed E-state index contributed by atoms with van der Waals surface area (Å²) in [6.07, 6.45) is -4.58. The quantitative estimate of drug-likeness (QED) is 0.336. The van der Waals surface area contributed by atoms with Crippen LogP contribution in [0.1, 0.15) is 42.4 Å². The van der Waals surface area contributed by atoms with Crippen molar-refractivity contribution in [1.29, 1.82) is 0 Å². The SMILES string of the molecule is COc1ccc2c(Oc3cccc(C(F)(F)F)c3)c(C(=O)O)n(-c3ccc(C(C)(C)C)cc3)c2n1. The molecule has 0 saturated heterocycles. The number of carbonyl (C=O) groups is 1. The number of hydrogen-bond donors (Lipinski definition) is 1. The molecule has 4 rings (SSSR count). The predicted octanol–water partition coefficient (Wildman–Crippen LogP) is 6.84. The number of benzene rings is 2. The summed E-state index contributed by atoms with van der Waals surface area (Å²) in [5.41, 5.74) is 0.467. The molecule has 0 spiro atoms. The van der Waals surface area contributed by atoms with E-state index in [1.165, 1.54) is 29.9 Å². The Hall–Kier alpha value is -4.01. The number of aromatic nitrogens is 2. The zero-order valence-electron chi connectivity index (χ0n) is 19.5. The van der Waals surface area contributed by atoms with E-state index in [1.807, 2.05) is 12.1 Å². The van der Waals surface area contributed by atoms with Crippen LogP contribution in [0.5, 0.6) is 17.4 Å². The Balaban J connectivity index is 1.95.